The predicted molar refractivity (Wildman–Crippen MR) is 121 cm³/mol. The second kappa shape index (κ2) is 11.5. The summed E-state index contributed by atoms with van der Waals surface area (Å²) in [6.45, 7) is 11.5. The van der Waals surface area contributed by atoms with Crippen molar-refractivity contribution in [1.29, 1.82) is 5.26 Å². The molecule has 0 aromatic heterocycles. The zero-order valence-electron chi connectivity index (χ0n) is 20.1. The Kier molecular flexibility index (Phi) is 9.28. The zero-order chi connectivity index (χ0) is 23.8. The quantitative estimate of drug-likeness (QED) is 0.479. The number of carbonyl (C=O) groups excluding carboxylic acids is 2. The van der Waals surface area contributed by atoms with Crippen LogP contribution in [0.2, 0.25) is 0 Å². The van der Waals surface area contributed by atoms with Gasteiger partial charge in [-0.05, 0) is 45.2 Å². The molecule has 2 fully saturated rings. The summed E-state index contributed by atoms with van der Waals surface area (Å²) in [4.78, 5) is 34.2. The lowest BCUT2D eigenvalue weighted by atomic mass is 9.86. The highest BCUT2D eigenvalue weighted by atomic mass is 16.5. The third kappa shape index (κ3) is 7.95. The molecule has 2 aliphatic heterocycles. The number of likely N-dealkylation sites (N-methyl/N-ethyl adjacent to an activating group) is 1. The molecular weight excluding hydrogens is 412 g/mol. The van der Waals surface area contributed by atoms with E-state index in [0.717, 1.165) is 13.0 Å². The molecule has 0 saturated carbocycles. The van der Waals surface area contributed by atoms with Crippen LogP contribution >= 0.6 is 0 Å². The summed E-state index contributed by atoms with van der Waals surface area (Å²) in [5, 5.41) is 15.5. The average molecular weight is 451 g/mol. The van der Waals surface area contributed by atoms with Crippen molar-refractivity contribution in [3.8, 4) is 6.07 Å². The fourth-order valence-corrected chi connectivity index (χ4v) is 3.96. The Balaban J connectivity index is 2.32. The van der Waals surface area contributed by atoms with E-state index in [2.05, 4.69) is 21.6 Å². The average Bonchev–Trinajstić information content (AvgIpc) is 2.72. The first-order chi connectivity index (χ1) is 15.1. The molecule has 10 heteroatoms. The Morgan fingerprint density at radius 1 is 1.28 bits per heavy atom. The van der Waals surface area contributed by atoms with E-state index >= 15 is 0 Å². The lowest BCUT2D eigenvalue weighted by molar-refractivity contribution is -0.124. The molecule has 0 bridgehead atoms. The lowest BCUT2D eigenvalue weighted by Crippen LogP contribution is -2.59. The molecular formula is C22H38N6O4. The van der Waals surface area contributed by atoms with Crippen molar-refractivity contribution in [1.82, 2.24) is 20.4 Å². The van der Waals surface area contributed by atoms with E-state index in [1.54, 1.807) is 6.92 Å². The van der Waals surface area contributed by atoms with E-state index in [1.165, 1.54) is 0 Å². The number of carbonyl (C=O) groups is 2. The number of aliphatic imine (C=N–C) groups is 1. The molecule has 2 N–H and O–H groups in total. The van der Waals surface area contributed by atoms with E-state index in [-0.39, 0.29) is 17.9 Å². The highest BCUT2D eigenvalue weighted by Crippen LogP contribution is 2.25. The lowest BCUT2D eigenvalue weighted by Gasteiger charge is -2.38. The van der Waals surface area contributed by atoms with Crippen LogP contribution in [0.3, 0.4) is 0 Å². The monoisotopic (exact) mass is 450 g/mol. The minimum Gasteiger partial charge on any atom is -0.450 e. The van der Waals surface area contributed by atoms with Crippen molar-refractivity contribution in [2.45, 2.75) is 58.5 Å². The van der Waals surface area contributed by atoms with Crippen LogP contribution in [0.15, 0.2) is 4.99 Å². The van der Waals surface area contributed by atoms with Crippen molar-refractivity contribution in [2.75, 3.05) is 53.0 Å². The maximum absolute atomic E-state index is 13.4. The molecule has 32 heavy (non-hydrogen) atoms. The third-order valence-electron chi connectivity index (χ3n) is 5.45. The first kappa shape index (κ1) is 25.9. The molecule has 0 aromatic carbocycles. The first-order valence-electron chi connectivity index (χ1n) is 11.3. The number of nitrogens with one attached hydrogen (secondary N) is 2. The number of rotatable bonds is 5. The molecule has 10 nitrogen and oxygen atoms in total. The van der Waals surface area contributed by atoms with Crippen molar-refractivity contribution >= 4 is 18.0 Å². The number of hydrogen-bond acceptors (Lipinski definition) is 7. The summed E-state index contributed by atoms with van der Waals surface area (Å²) in [7, 11) is 1.95. The number of alkyl carbamates (subject to hydrolysis) is 1. The fourth-order valence-electron chi connectivity index (χ4n) is 3.96. The first-order valence-corrected chi connectivity index (χ1v) is 11.3. The molecule has 2 heterocycles. The Morgan fingerprint density at radius 2 is 1.97 bits per heavy atom. The number of nitrogens with zero attached hydrogens (tertiary/aromatic N) is 4. The largest absolute Gasteiger partial charge is 0.450 e. The van der Waals surface area contributed by atoms with Crippen LogP contribution in [0.1, 0.15) is 47.0 Å². The molecule has 2 atom stereocenters. The van der Waals surface area contributed by atoms with Crippen LogP contribution in [0, 0.1) is 16.7 Å². The van der Waals surface area contributed by atoms with Crippen molar-refractivity contribution in [2.24, 2.45) is 10.4 Å². The van der Waals surface area contributed by atoms with Gasteiger partial charge in [0.1, 0.15) is 11.6 Å². The van der Waals surface area contributed by atoms with Gasteiger partial charge in [-0.3, -0.25) is 10.1 Å². The van der Waals surface area contributed by atoms with E-state index in [9.17, 15) is 14.9 Å². The Morgan fingerprint density at radius 3 is 2.53 bits per heavy atom. The summed E-state index contributed by atoms with van der Waals surface area (Å²) >= 11 is 0. The highest BCUT2D eigenvalue weighted by molar-refractivity contribution is 5.96. The van der Waals surface area contributed by atoms with Crippen LogP contribution in [-0.4, -0.2) is 92.4 Å². The maximum Gasteiger partial charge on any atom is 0.413 e. The summed E-state index contributed by atoms with van der Waals surface area (Å²) in [6.07, 6.45) is 1.27. The van der Waals surface area contributed by atoms with Crippen LogP contribution in [-0.2, 0) is 14.3 Å². The molecule has 0 aliphatic carbocycles. The van der Waals surface area contributed by atoms with Gasteiger partial charge in [-0.1, -0.05) is 20.8 Å². The topological polar surface area (TPSA) is 119 Å². The van der Waals surface area contributed by atoms with Gasteiger partial charge >= 0.3 is 6.09 Å². The number of ether oxygens (including phenoxy) is 2. The molecule has 2 rings (SSSR count). The molecule has 0 radical (unpaired) electrons. The van der Waals surface area contributed by atoms with Gasteiger partial charge in [-0.25, -0.2) is 9.79 Å². The maximum atomic E-state index is 13.4. The SMILES string of the molecule is CCOC(=O)NC(=N[C@@H](CC(C)(C)C)C(=O)NC1(C#N)CCCN(C)C1)N1CCOCC1. The summed E-state index contributed by atoms with van der Waals surface area (Å²) < 4.78 is 10.4. The van der Waals surface area contributed by atoms with E-state index in [1.807, 2.05) is 32.7 Å². The Bertz CT molecular complexity index is 723. The molecule has 1 unspecified atom stereocenters. The van der Waals surface area contributed by atoms with Gasteiger partial charge in [0.05, 0.1) is 25.9 Å². The van der Waals surface area contributed by atoms with Crippen molar-refractivity contribution < 1.29 is 19.1 Å². The van der Waals surface area contributed by atoms with Gasteiger partial charge in [0.15, 0.2) is 0 Å². The second-order valence-electron chi connectivity index (χ2n) is 9.70. The van der Waals surface area contributed by atoms with E-state index in [4.69, 9.17) is 14.5 Å². The number of nitriles is 1. The predicted octanol–water partition coefficient (Wildman–Crippen LogP) is 1.33. The molecule has 0 aromatic rings. The second-order valence-corrected chi connectivity index (χ2v) is 9.70. The number of amides is 2. The number of likely N-dealkylation sites (tertiary alicyclic amines) is 1. The van der Waals surface area contributed by atoms with E-state index < -0.39 is 17.7 Å². The smallest absolute Gasteiger partial charge is 0.413 e. The Labute approximate surface area is 191 Å². The van der Waals surface area contributed by atoms with Crippen LogP contribution in [0.5, 0.6) is 0 Å². The van der Waals surface area contributed by atoms with Gasteiger partial charge in [0.25, 0.3) is 0 Å². The molecule has 2 aliphatic rings. The highest BCUT2D eigenvalue weighted by Gasteiger charge is 2.38. The van der Waals surface area contributed by atoms with Gasteiger partial charge < -0.3 is 24.6 Å². The number of piperidine rings is 1. The summed E-state index contributed by atoms with van der Waals surface area (Å²) in [5.41, 5.74) is -1.14. The minimum absolute atomic E-state index is 0.200. The van der Waals surface area contributed by atoms with Gasteiger partial charge in [-0.2, -0.15) is 5.26 Å². The van der Waals surface area contributed by atoms with Crippen molar-refractivity contribution in [3.63, 3.8) is 0 Å². The molecule has 0 spiro atoms. The van der Waals surface area contributed by atoms with Gasteiger partial charge in [0, 0.05) is 19.6 Å². The Hall–Kier alpha value is -2.38. The van der Waals surface area contributed by atoms with Gasteiger partial charge in [0.2, 0.25) is 11.9 Å². The summed E-state index contributed by atoms with van der Waals surface area (Å²) in [5.74, 6) is -0.0175. The third-order valence-corrected chi connectivity index (χ3v) is 5.45. The normalized spacial score (nSPS) is 23.8. The van der Waals surface area contributed by atoms with Crippen LogP contribution < -0.4 is 10.6 Å². The molecule has 2 amide bonds. The summed E-state index contributed by atoms with van der Waals surface area (Å²) in [6, 6.07) is 1.55. The fraction of sp³-hybridized carbons (Fsp3) is 0.818. The number of guanidine groups is 1. The van der Waals surface area contributed by atoms with Crippen LogP contribution in [0.25, 0.3) is 0 Å². The van der Waals surface area contributed by atoms with Gasteiger partial charge in [-0.15, -0.1) is 0 Å². The van der Waals surface area contributed by atoms with Crippen molar-refractivity contribution in [3.05, 3.63) is 0 Å². The minimum atomic E-state index is -0.941. The standard InChI is InChI=1S/C22H38N6O4/c1-6-32-20(30)25-19(28-10-12-31-13-11-28)24-17(14-21(2,3)4)18(29)26-22(15-23)8-7-9-27(5)16-22/h17H,6-14,16H2,1-5H3,(H,26,29)(H,24,25,30)/t17-,22?/m0/s1. The van der Waals surface area contributed by atoms with Crippen LogP contribution in [0.4, 0.5) is 4.79 Å². The molecule has 2 saturated heterocycles. The number of hydrogen-bond donors (Lipinski definition) is 2. The molecule has 180 valence electrons. The zero-order valence-corrected chi connectivity index (χ0v) is 20.1. The van der Waals surface area contributed by atoms with E-state index in [0.29, 0.717) is 51.6 Å². The number of morpholine rings is 1.